The zero-order chi connectivity index (χ0) is 10.4. The second-order valence-corrected chi connectivity index (χ2v) is 3.54. The fraction of sp³-hybridized carbons (Fsp3) is 0.0833. The quantitative estimate of drug-likeness (QED) is 0.700. The fourth-order valence-electron chi connectivity index (χ4n) is 2.01. The first-order chi connectivity index (χ1) is 7.27. The molecule has 74 valence electrons. The zero-order valence-corrected chi connectivity index (χ0v) is 7.86. The lowest BCUT2D eigenvalue weighted by atomic mass is 10.1. The van der Waals surface area contributed by atoms with Gasteiger partial charge in [-0.25, -0.2) is 4.79 Å². The summed E-state index contributed by atoms with van der Waals surface area (Å²) in [4.78, 5) is 11.0. The molecule has 3 heteroatoms. The summed E-state index contributed by atoms with van der Waals surface area (Å²) in [5.74, 6) is -0.228. The summed E-state index contributed by atoms with van der Waals surface area (Å²) in [6.45, 7) is 0.162. The van der Waals surface area contributed by atoms with Crippen LogP contribution in [0.4, 0.5) is 0 Å². The van der Waals surface area contributed by atoms with Crippen LogP contribution < -0.4 is 15.2 Å². The predicted molar refractivity (Wildman–Crippen MR) is 55.7 cm³/mol. The molecule has 0 unspecified atom stereocenters. The number of carbonyl (C=O) groups is 1. The van der Waals surface area contributed by atoms with Crippen LogP contribution in [0.5, 0.6) is 5.75 Å². The van der Waals surface area contributed by atoms with Gasteiger partial charge in [-0.1, -0.05) is 24.3 Å². The van der Waals surface area contributed by atoms with E-state index in [2.05, 4.69) is 0 Å². The molecule has 0 spiro atoms. The number of hydrogen-bond donors (Lipinski definition) is 1. The summed E-state index contributed by atoms with van der Waals surface area (Å²) < 4.78 is 5.33. The molecule has 1 aliphatic heterocycles. The highest BCUT2D eigenvalue weighted by molar-refractivity contribution is 6.10. The van der Waals surface area contributed by atoms with Crippen LogP contribution in [0.1, 0.15) is 5.56 Å². The molecule has 0 amide bonds. The topological polar surface area (TPSA) is 46.5 Å². The van der Waals surface area contributed by atoms with Gasteiger partial charge in [-0.05, 0) is 16.8 Å². The molecule has 0 saturated heterocycles. The molecule has 0 fully saturated rings. The Labute approximate surface area is 85.6 Å². The van der Waals surface area contributed by atoms with Crippen molar-refractivity contribution in [2.45, 2.75) is 0 Å². The minimum Gasteiger partial charge on any atom is -0.488 e. The van der Waals surface area contributed by atoms with E-state index in [0.29, 0.717) is 11.3 Å². The molecular weight excluding hydrogens is 192 g/mol. The van der Waals surface area contributed by atoms with E-state index in [4.69, 9.17) is 9.84 Å². The van der Waals surface area contributed by atoms with Gasteiger partial charge in [0.2, 0.25) is 0 Å². The molecule has 1 aromatic carbocycles. The van der Waals surface area contributed by atoms with E-state index in [1.165, 1.54) is 0 Å². The van der Waals surface area contributed by atoms with Gasteiger partial charge >= 0.3 is 5.97 Å². The van der Waals surface area contributed by atoms with E-state index in [-0.39, 0.29) is 6.61 Å². The Morgan fingerprint density at radius 2 is 2.27 bits per heavy atom. The number of carboxylic acid groups (broad SMARTS) is 1. The van der Waals surface area contributed by atoms with E-state index >= 15 is 0 Å². The molecule has 1 N–H and O–H groups in total. The molecule has 1 heterocycles. The van der Waals surface area contributed by atoms with Crippen LogP contribution in [0.2, 0.25) is 0 Å². The summed E-state index contributed by atoms with van der Waals surface area (Å²) >= 11 is 0. The number of carboxylic acids is 1. The highest BCUT2D eigenvalue weighted by atomic mass is 16.5. The molecule has 0 bridgehead atoms. The van der Waals surface area contributed by atoms with Gasteiger partial charge < -0.3 is 9.84 Å². The van der Waals surface area contributed by atoms with E-state index in [1.54, 1.807) is 0 Å². The number of hydrogen-bond acceptors (Lipinski definition) is 2. The van der Waals surface area contributed by atoms with Crippen molar-refractivity contribution >= 4 is 23.7 Å². The van der Waals surface area contributed by atoms with Gasteiger partial charge in [0.25, 0.3) is 0 Å². The van der Waals surface area contributed by atoms with Crippen molar-refractivity contribution in [1.29, 1.82) is 0 Å². The standard InChI is InChI=1S/C12H8O3/c13-12(14)9-6-15-10-5-4-7-2-1-3-8(7)11(9)10/h1-5H,6H2,(H,13,14). The van der Waals surface area contributed by atoms with Gasteiger partial charge in [-0.15, -0.1) is 0 Å². The Hall–Kier alpha value is -2.03. The Morgan fingerprint density at radius 3 is 3.07 bits per heavy atom. The minimum absolute atomic E-state index is 0.162. The Balaban J connectivity index is 2.50. The number of aliphatic carboxylic acids is 1. The first kappa shape index (κ1) is 8.29. The van der Waals surface area contributed by atoms with Crippen molar-refractivity contribution in [3.8, 4) is 5.75 Å². The average Bonchev–Trinajstić information content (AvgIpc) is 2.82. The van der Waals surface area contributed by atoms with Gasteiger partial charge in [0.05, 0.1) is 5.57 Å². The number of allylic oxidation sites excluding steroid dienone is 1. The normalized spacial score (nSPS) is 15.6. The third-order valence-corrected chi connectivity index (χ3v) is 2.71. The van der Waals surface area contributed by atoms with E-state index < -0.39 is 5.97 Å². The number of rotatable bonds is 1. The average molecular weight is 200 g/mol. The third kappa shape index (κ3) is 1.03. The van der Waals surface area contributed by atoms with Gasteiger partial charge in [0, 0.05) is 5.22 Å². The summed E-state index contributed by atoms with van der Waals surface area (Å²) in [6.07, 6.45) is 5.81. The minimum atomic E-state index is -0.901. The van der Waals surface area contributed by atoms with Crippen molar-refractivity contribution in [3.63, 3.8) is 0 Å². The molecule has 2 aliphatic rings. The number of benzene rings is 1. The zero-order valence-electron chi connectivity index (χ0n) is 7.86. The van der Waals surface area contributed by atoms with Crippen LogP contribution in [0.15, 0.2) is 18.2 Å². The molecule has 0 atom stereocenters. The highest BCUT2D eigenvalue weighted by Crippen LogP contribution is 2.14. The van der Waals surface area contributed by atoms with Gasteiger partial charge in [0.15, 0.2) is 0 Å². The summed E-state index contributed by atoms with van der Waals surface area (Å²) in [5.41, 5.74) is 1.40. The van der Waals surface area contributed by atoms with Crippen molar-refractivity contribution in [2.24, 2.45) is 0 Å². The lowest BCUT2D eigenvalue weighted by Crippen LogP contribution is -2.28. The van der Waals surface area contributed by atoms with Crippen molar-refractivity contribution in [1.82, 2.24) is 0 Å². The van der Waals surface area contributed by atoms with Crippen molar-refractivity contribution in [3.05, 3.63) is 34.2 Å². The highest BCUT2D eigenvalue weighted by Gasteiger charge is 2.20. The summed E-state index contributed by atoms with van der Waals surface area (Å²) in [6, 6.07) is 3.77. The molecule has 1 aromatic rings. The Bertz CT molecular complexity index is 608. The van der Waals surface area contributed by atoms with Crippen molar-refractivity contribution < 1.29 is 14.6 Å². The number of ether oxygens (including phenoxy) is 1. The maximum atomic E-state index is 11.0. The van der Waals surface area contributed by atoms with Crippen molar-refractivity contribution in [2.75, 3.05) is 6.61 Å². The van der Waals surface area contributed by atoms with Crippen LogP contribution in [0.25, 0.3) is 17.7 Å². The van der Waals surface area contributed by atoms with E-state index in [0.717, 1.165) is 16.0 Å². The van der Waals surface area contributed by atoms with Gasteiger partial charge in [0.1, 0.15) is 12.4 Å². The Morgan fingerprint density at radius 1 is 1.40 bits per heavy atom. The van der Waals surface area contributed by atoms with E-state index in [1.807, 2.05) is 30.4 Å². The van der Waals surface area contributed by atoms with Crippen LogP contribution >= 0.6 is 0 Å². The summed E-state index contributed by atoms with van der Waals surface area (Å²) in [7, 11) is 0. The molecule has 3 nitrogen and oxygen atoms in total. The fourth-order valence-corrected chi connectivity index (χ4v) is 2.01. The second-order valence-electron chi connectivity index (χ2n) is 3.54. The predicted octanol–water partition coefficient (Wildman–Crippen LogP) is 0.122. The van der Waals surface area contributed by atoms with E-state index in [9.17, 15) is 4.79 Å². The van der Waals surface area contributed by atoms with Crippen LogP contribution in [-0.2, 0) is 4.79 Å². The Kier molecular flexibility index (Phi) is 1.51. The van der Waals surface area contributed by atoms with Crippen LogP contribution in [0, 0.1) is 0 Å². The summed E-state index contributed by atoms with van der Waals surface area (Å²) in [5, 5.41) is 10.7. The first-order valence-electron chi connectivity index (χ1n) is 4.68. The molecule has 0 saturated carbocycles. The maximum absolute atomic E-state index is 11.0. The van der Waals surface area contributed by atoms with Crippen LogP contribution in [-0.4, -0.2) is 17.7 Å². The molecule has 15 heavy (non-hydrogen) atoms. The third-order valence-electron chi connectivity index (χ3n) is 2.71. The monoisotopic (exact) mass is 200 g/mol. The maximum Gasteiger partial charge on any atom is 0.335 e. The molecule has 1 aliphatic carbocycles. The molecule has 0 radical (unpaired) electrons. The first-order valence-corrected chi connectivity index (χ1v) is 4.68. The number of fused-ring (bicyclic) bond motifs is 3. The lowest BCUT2D eigenvalue weighted by molar-refractivity contribution is -0.130. The van der Waals surface area contributed by atoms with Crippen LogP contribution in [0.3, 0.4) is 0 Å². The lowest BCUT2D eigenvalue weighted by Gasteiger charge is -1.97. The van der Waals surface area contributed by atoms with Gasteiger partial charge in [-0.3, -0.25) is 0 Å². The molecule has 0 aromatic heterocycles. The smallest absolute Gasteiger partial charge is 0.335 e. The second kappa shape index (κ2) is 2.73. The largest absolute Gasteiger partial charge is 0.488 e. The molecular formula is C12H8O3. The SMILES string of the molecule is O=C(O)C1=c2c(ccc3c2=CC=C3)OC1. The molecule has 3 rings (SSSR count). The van der Waals surface area contributed by atoms with Gasteiger partial charge in [-0.2, -0.15) is 0 Å².